The molecule has 0 unspecified atom stereocenters. The fraction of sp³-hybridized carbons (Fsp3) is 0.875. The Hall–Kier alpha value is -0.720. The van der Waals surface area contributed by atoms with E-state index in [1.54, 1.807) is 0 Å². The first-order chi connectivity index (χ1) is 16.4. The number of hydrogen-bond donors (Lipinski definition) is 1. The fourth-order valence-corrected chi connectivity index (χ4v) is 4.56. The van der Waals surface area contributed by atoms with Gasteiger partial charge in [0.15, 0.2) is 0 Å². The molecule has 196 valence electrons. The topological polar surface area (TPSA) is 12.0 Å². The van der Waals surface area contributed by atoms with Crippen molar-refractivity contribution in [3.8, 4) is 0 Å². The largest absolute Gasteiger partial charge is 0.368 e. The summed E-state index contributed by atoms with van der Waals surface area (Å²) in [5.74, 6) is 0. The van der Waals surface area contributed by atoms with Crippen LogP contribution in [0.25, 0.3) is 0 Å². The molecule has 1 heteroatoms. The molecule has 0 amide bonds. The maximum absolute atomic E-state index is 3.31. The molecule has 0 saturated carbocycles. The maximum atomic E-state index is 3.31. The van der Waals surface area contributed by atoms with E-state index in [1.807, 2.05) is 0 Å². The molecule has 0 saturated heterocycles. The molecule has 0 aliphatic carbocycles. The SMILES string of the molecule is CCCCCCCCCCCCCCC=CNC=CCCCCCCCCCCCCCC. The van der Waals surface area contributed by atoms with Gasteiger partial charge >= 0.3 is 0 Å². The Labute approximate surface area is 210 Å². The summed E-state index contributed by atoms with van der Waals surface area (Å²) in [5.41, 5.74) is 0. The second kappa shape index (κ2) is 31.3. The van der Waals surface area contributed by atoms with E-state index in [1.165, 1.54) is 167 Å². The highest BCUT2D eigenvalue weighted by atomic mass is 14.8. The maximum Gasteiger partial charge on any atom is -0.00358 e. The van der Waals surface area contributed by atoms with Gasteiger partial charge in [0.2, 0.25) is 0 Å². The van der Waals surface area contributed by atoms with Gasteiger partial charge in [-0.05, 0) is 38.1 Å². The minimum atomic E-state index is 1.22. The summed E-state index contributed by atoms with van der Waals surface area (Å²) < 4.78 is 0. The molecule has 33 heavy (non-hydrogen) atoms. The Morgan fingerprint density at radius 2 is 0.576 bits per heavy atom. The molecule has 0 rings (SSSR count). The molecule has 1 N–H and O–H groups in total. The zero-order valence-electron chi connectivity index (χ0n) is 23.2. The lowest BCUT2D eigenvalue weighted by atomic mass is 10.0. The first-order valence-corrected chi connectivity index (χ1v) is 15.5. The molecular formula is C32H63N. The molecule has 0 atom stereocenters. The minimum absolute atomic E-state index is 1.22. The van der Waals surface area contributed by atoms with E-state index < -0.39 is 0 Å². The average Bonchev–Trinajstić information content (AvgIpc) is 2.83. The van der Waals surface area contributed by atoms with Crippen LogP contribution in [0.15, 0.2) is 24.6 Å². The number of unbranched alkanes of at least 4 members (excludes halogenated alkanes) is 24. The monoisotopic (exact) mass is 461 g/mol. The summed E-state index contributed by atoms with van der Waals surface area (Å²) in [6.45, 7) is 4.59. The molecule has 0 aliphatic rings. The Balaban J connectivity index is 3.14. The van der Waals surface area contributed by atoms with Crippen molar-refractivity contribution < 1.29 is 0 Å². The summed E-state index contributed by atoms with van der Waals surface area (Å²) >= 11 is 0. The standard InChI is InChI=1S/C32H63N/c1-3-5-7-9-11-13-15-17-19-21-23-25-27-29-31-33-32-30-28-26-24-22-20-18-16-14-12-10-8-6-4-2/h29-33H,3-28H2,1-2H3. The quantitative estimate of drug-likeness (QED) is 0.114. The zero-order valence-corrected chi connectivity index (χ0v) is 23.2. The molecule has 0 radical (unpaired) electrons. The Morgan fingerprint density at radius 3 is 0.848 bits per heavy atom. The van der Waals surface area contributed by atoms with Gasteiger partial charge in [0.25, 0.3) is 0 Å². The van der Waals surface area contributed by atoms with Crippen molar-refractivity contribution >= 4 is 0 Å². The molecule has 0 heterocycles. The highest BCUT2D eigenvalue weighted by Crippen LogP contribution is 2.13. The second-order valence-corrected chi connectivity index (χ2v) is 10.3. The summed E-state index contributed by atoms with van der Waals surface area (Å²) in [6, 6.07) is 0. The van der Waals surface area contributed by atoms with Crippen molar-refractivity contribution in [2.24, 2.45) is 0 Å². The van der Waals surface area contributed by atoms with Crippen molar-refractivity contribution in [2.75, 3.05) is 0 Å². The highest BCUT2D eigenvalue weighted by molar-refractivity contribution is 4.88. The number of nitrogens with one attached hydrogen (secondary N) is 1. The molecule has 0 aromatic rings. The Bertz CT molecular complexity index is 348. The molecule has 0 fully saturated rings. The van der Waals surface area contributed by atoms with Gasteiger partial charge < -0.3 is 5.32 Å². The van der Waals surface area contributed by atoms with Crippen LogP contribution in [0.2, 0.25) is 0 Å². The third-order valence-electron chi connectivity index (χ3n) is 6.88. The lowest BCUT2D eigenvalue weighted by molar-refractivity contribution is 0.544. The van der Waals surface area contributed by atoms with Gasteiger partial charge in [0.1, 0.15) is 0 Å². The van der Waals surface area contributed by atoms with Gasteiger partial charge in [-0.25, -0.2) is 0 Å². The smallest absolute Gasteiger partial charge is 0.00358 e. The molecule has 0 aromatic heterocycles. The molecule has 0 aromatic carbocycles. The zero-order chi connectivity index (χ0) is 23.9. The van der Waals surface area contributed by atoms with E-state index in [2.05, 4.69) is 43.7 Å². The predicted molar refractivity (Wildman–Crippen MR) is 153 cm³/mol. The lowest BCUT2D eigenvalue weighted by Gasteiger charge is -2.02. The van der Waals surface area contributed by atoms with Gasteiger partial charge in [-0.15, -0.1) is 0 Å². The minimum Gasteiger partial charge on any atom is -0.368 e. The molecule has 1 nitrogen and oxygen atoms in total. The Kier molecular flexibility index (Phi) is 30.6. The second-order valence-electron chi connectivity index (χ2n) is 10.3. The molecule has 0 bridgehead atoms. The van der Waals surface area contributed by atoms with E-state index in [4.69, 9.17) is 0 Å². The van der Waals surface area contributed by atoms with E-state index in [0.717, 1.165) is 0 Å². The third kappa shape index (κ3) is 31.3. The summed E-state index contributed by atoms with van der Waals surface area (Å²) in [4.78, 5) is 0. The summed E-state index contributed by atoms with van der Waals surface area (Å²) in [6.07, 6.45) is 45.6. The van der Waals surface area contributed by atoms with Gasteiger partial charge in [-0.1, -0.05) is 167 Å². The fourth-order valence-electron chi connectivity index (χ4n) is 4.56. The molecule has 0 aliphatic heterocycles. The van der Waals surface area contributed by atoms with E-state index >= 15 is 0 Å². The van der Waals surface area contributed by atoms with Gasteiger partial charge in [-0.2, -0.15) is 0 Å². The number of allylic oxidation sites excluding steroid dienone is 2. The van der Waals surface area contributed by atoms with E-state index in [-0.39, 0.29) is 0 Å². The summed E-state index contributed by atoms with van der Waals surface area (Å²) in [7, 11) is 0. The predicted octanol–water partition coefficient (Wildman–Crippen LogP) is 11.8. The van der Waals surface area contributed by atoms with Gasteiger partial charge in [0.05, 0.1) is 0 Å². The van der Waals surface area contributed by atoms with Crippen molar-refractivity contribution in [3.05, 3.63) is 24.6 Å². The number of hydrogen-bond acceptors (Lipinski definition) is 1. The molecular weight excluding hydrogens is 398 g/mol. The van der Waals surface area contributed by atoms with Gasteiger partial charge in [-0.3, -0.25) is 0 Å². The van der Waals surface area contributed by atoms with Crippen LogP contribution in [0.5, 0.6) is 0 Å². The summed E-state index contributed by atoms with van der Waals surface area (Å²) in [5, 5.41) is 3.31. The van der Waals surface area contributed by atoms with E-state index in [9.17, 15) is 0 Å². The van der Waals surface area contributed by atoms with Crippen LogP contribution in [-0.4, -0.2) is 0 Å². The average molecular weight is 462 g/mol. The highest BCUT2D eigenvalue weighted by Gasteiger charge is 1.94. The van der Waals surface area contributed by atoms with Crippen molar-refractivity contribution in [1.29, 1.82) is 0 Å². The van der Waals surface area contributed by atoms with Crippen molar-refractivity contribution in [2.45, 2.75) is 181 Å². The number of rotatable bonds is 28. The van der Waals surface area contributed by atoms with Crippen LogP contribution in [-0.2, 0) is 0 Å². The van der Waals surface area contributed by atoms with Crippen molar-refractivity contribution in [1.82, 2.24) is 5.32 Å². The van der Waals surface area contributed by atoms with Crippen LogP contribution in [0, 0.1) is 0 Å². The van der Waals surface area contributed by atoms with Crippen LogP contribution in [0.1, 0.15) is 181 Å². The van der Waals surface area contributed by atoms with E-state index in [0.29, 0.717) is 0 Å². The van der Waals surface area contributed by atoms with Crippen LogP contribution >= 0.6 is 0 Å². The first kappa shape index (κ1) is 32.3. The first-order valence-electron chi connectivity index (χ1n) is 15.5. The normalized spacial score (nSPS) is 11.8. The van der Waals surface area contributed by atoms with Crippen molar-refractivity contribution in [3.63, 3.8) is 0 Å². The van der Waals surface area contributed by atoms with Crippen LogP contribution < -0.4 is 5.32 Å². The van der Waals surface area contributed by atoms with Crippen LogP contribution in [0.3, 0.4) is 0 Å². The molecule has 0 spiro atoms. The third-order valence-corrected chi connectivity index (χ3v) is 6.88. The Morgan fingerprint density at radius 1 is 0.333 bits per heavy atom. The van der Waals surface area contributed by atoms with Gasteiger partial charge in [0, 0.05) is 0 Å². The lowest BCUT2D eigenvalue weighted by Crippen LogP contribution is -1.91. The van der Waals surface area contributed by atoms with Crippen LogP contribution in [0.4, 0.5) is 0 Å².